The van der Waals surface area contributed by atoms with Crippen molar-refractivity contribution in [2.75, 3.05) is 16.4 Å². The van der Waals surface area contributed by atoms with E-state index in [1.807, 2.05) is 44.2 Å². The molecule has 2 atom stereocenters. The Morgan fingerprint density at radius 2 is 1.76 bits per heavy atom. The topological polar surface area (TPSA) is 108 Å². The van der Waals surface area contributed by atoms with Gasteiger partial charge in [-0.3, -0.25) is 14.4 Å². The number of nitrogens with one attached hydrogen (secondary N) is 2. The molecular formula is C25H27N3O4S2. The first kappa shape index (κ1) is 24.2. The highest BCUT2D eigenvalue weighted by Gasteiger charge is 2.35. The summed E-state index contributed by atoms with van der Waals surface area (Å²) in [5.41, 5.74) is 4.31. The maximum absolute atomic E-state index is 12.8. The Hall–Kier alpha value is -2.91. The standard InChI is InChI=1S/C25H27N3O4S2/c1-14-6-5-7-15(2)22(14)28-21(29)13-33-25-27-19-11-10-16(12-20(19)34-25)26-23(30)17-8-3-4-9-18(17)24(31)32/h5-7,10-12,17-18H,3-4,8-9,13H2,1-2H3,(H,26,30)(H,28,29)(H,31,32)/t17-,18+/m0/s1. The summed E-state index contributed by atoms with van der Waals surface area (Å²) in [5.74, 6) is -2.12. The van der Waals surface area contributed by atoms with Crippen LogP contribution < -0.4 is 10.6 Å². The van der Waals surface area contributed by atoms with E-state index in [2.05, 4.69) is 15.6 Å². The van der Waals surface area contributed by atoms with Crippen LogP contribution in [0.3, 0.4) is 0 Å². The predicted octanol–water partition coefficient (Wildman–Crippen LogP) is 5.47. The number of aryl methyl sites for hydroxylation is 2. The Balaban J connectivity index is 1.38. The smallest absolute Gasteiger partial charge is 0.307 e. The first-order chi connectivity index (χ1) is 16.3. The maximum Gasteiger partial charge on any atom is 0.307 e. The number of thiazole rings is 1. The van der Waals surface area contributed by atoms with E-state index in [9.17, 15) is 19.5 Å². The first-order valence-corrected chi connectivity index (χ1v) is 13.0. The molecule has 7 nitrogen and oxygen atoms in total. The first-order valence-electron chi connectivity index (χ1n) is 11.2. The third-order valence-electron chi connectivity index (χ3n) is 6.13. The zero-order chi connectivity index (χ0) is 24.2. The fraction of sp³-hybridized carbons (Fsp3) is 0.360. The van der Waals surface area contributed by atoms with Gasteiger partial charge in [-0.2, -0.15) is 0 Å². The van der Waals surface area contributed by atoms with E-state index < -0.39 is 17.8 Å². The largest absolute Gasteiger partial charge is 0.481 e. The van der Waals surface area contributed by atoms with Crippen LogP contribution in [0.1, 0.15) is 36.8 Å². The summed E-state index contributed by atoms with van der Waals surface area (Å²) < 4.78 is 1.67. The lowest BCUT2D eigenvalue weighted by molar-refractivity contribution is -0.147. The molecule has 0 radical (unpaired) electrons. The third kappa shape index (κ3) is 5.59. The van der Waals surface area contributed by atoms with E-state index >= 15 is 0 Å². The van der Waals surface area contributed by atoms with Crippen LogP contribution >= 0.6 is 23.1 Å². The summed E-state index contributed by atoms with van der Waals surface area (Å²) in [6.07, 6.45) is 2.85. The number of aromatic nitrogens is 1. The molecule has 1 aromatic heterocycles. The van der Waals surface area contributed by atoms with Crippen LogP contribution in [0.5, 0.6) is 0 Å². The average Bonchev–Trinajstić information content (AvgIpc) is 3.22. The van der Waals surface area contributed by atoms with Crippen molar-refractivity contribution < 1.29 is 19.5 Å². The molecule has 0 aliphatic heterocycles. The van der Waals surface area contributed by atoms with Gasteiger partial charge in [0.05, 0.1) is 27.8 Å². The minimum Gasteiger partial charge on any atom is -0.481 e. The number of amides is 2. The van der Waals surface area contributed by atoms with E-state index in [0.717, 1.165) is 44.2 Å². The van der Waals surface area contributed by atoms with Gasteiger partial charge >= 0.3 is 5.97 Å². The number of hydrogen-bond donors (Lipinski definition) is 3. The monoisotopic (exact) mass is 497 g/mol. The number of nitrogens with zero attached hydrogens (tertiary/aromatic N) is 1. The molecule has 2 amide bonds. The molecule has 1 saturated carbocycles. The van der Waals surface area contributed by atoms with Crippen molar-refractivity contribution in [3.05, 3.63) is 47.5 Å². The second-order valence-corrected chi connectivity index (χ2v) is 10.8. The van der Waals surface area contributed by atoms with Crippen molar-refractivity contribution in [2.45, 2.75) is 43.9 Å². The highest BCUT2D eigenvalue weighted by atomic mass is 32.2. The molecule has 178 valence electrons. The number of carbonyl (C=O) groups excluding carboxylic acids is 2. The number of benzene rings is 2. The maximum atomic E-state index is 12.8. The van der Waals surface area contributed by atoms with Gasteiger partial charge in [0.25, 0.3) is 0 Å². The number of rotatable bonds is 7. The molecule has 0 unspecified atom stereocenters. The van der Waals surface area contributed by atoms with Crippen molar-refractivity contribution >= 4 is 62.5 Å². The van der Waals surface area contributed by atoms with Crippen molar-refractivity contribution in [1.82, 2.24) is 4.98 Å². The van der Waals surface area contributed by atoms with Gasteiger partial charge in [-0.05, 0) is 56.0 Å². The number of thioether (sulfide) groups is 1. The van der Waals surface area contributed by atoms with Crippen LogP contribution in [-0.2, 0) is 14.4 Å². The summed E-state index contributed by atoms with van der Waals surface area (Å²) in [7, 11) is 0. The molecule has 0 bridgehead atoms. The van der Waals surface area contributed by atoms with E-state index in [1.165, 1.54) is 23.1 Å². The van der Waals surface area contributed by atoms with Crippen LogP contribution in [0.2, 0.25) is 0 Å². The lowest BCUT2D eigenvalue weighted by Gasteiger charge is -2.27. The van der Waals surface area contributed by atoms with Gasteiger partial charge in [-0.25, -0.2) is 4.98 Å². The van der Waals surface area contributed by atoms with Crippen LogP contribution in [0.25, 0.3) is 10.2 Å². The molecule has 3 aromatic rings. The quantitative estimate of drug-likeness (QED) is 0.373. The summed E-state index contributed by atoms with van der Waals surface area (Å²) in [6.45, 7) is 3.94. The molecule has 0 spiro atoms. The Bertz CT molecular complexity index is 1220. The molecule has 1 aliphatic carbocycles. The van der Waals surface area contributed by atoms with Crippen LogP contribution in [0, 0.1) is 25.7 Å². The van der Waals surface area contributed by atoms with E-state index in [-0.39, 0.29) is 17.6 Å². The average molecular weight is 498 g/mol. The molecule has 2 aromatic carbocycles. The molecule has 3 N–H and O–H groups in total. The number of anilines is 2. The Morgan fingerprint density at radius 1 is 1.06 bits per heavy atom. The molecule has 9 heteroatoms. The van der Waals surface area contributed by atoms with E-state index in [0.29, 0.717) is 18.5 Å². The number of para-hydroxylation sites is 1. The van der Waals surface area contributed by atoms with Crippen molar-refractivity contribution in [3.63, 3.8) is 0 Å². The van der Waals surface area contributed by atoms with Gasteiger partial charge in [-0.15, -0.1) is 11.3 Å². The minimum absolute atomic E-state index is 0.0879. The zero-order valence-electron chi connectivity index (χ0n) is 19.1. The van der Waals surface area contributed by atoms with Crippen LogP contribution in [0.15, 0.2) is 40.7 Å². The fourth-order valence-corrected chi connectivity index (χ4v) is 6.24. The number of carboxylic acid groups (broad SMARTS) is 1. The van der Waals surface area contributed by atoms with Crippen LogP contribution in [-0.4, -0.2) is 33.6 Å². The summed E-state index contributed by atoms with van der Waals surface area (Å²) in [5, 5.41) is 15.3. The predicted molar refractivity (Wildman–Crippen MR) is 137 cm³/mol. The summed E-state index contributed by atoms with van der Waals surface area (Å²) in [4.78, 5) is 41.3. The van der Waals surface area contributed by atoms with Crippen molar-refractivity contribution in [1.29, 1.82) is 0 Å². The molecule has 1 heterocycles. The lowest BCUT2D eigenvalue weighted by atomic mass is 9.78. The van der Waals surface area contributed by atoms with Gasteiger partial charge in [-0.1, -0.05) is 42.8 Å². The van der Waals surface area contributed by atoms with Gasteiger partial charge in [0.1, 0.15) is 0 Å². The molecular weight excluding hydrogens is 470 g/mol. The highest BCUT2D eigenvalue weighted by molar-refractivity contribution is 8.01. The van der Waals surface area contributed by atoms with Crippen LogP contribution in [0.4, 0.5) is 11.4 Å². The fourth-order valence-electron chi connectivity index (χ4n) is 4.33. The van der Waals surface area contributed by atoms with Gasteiger partial charge in [0.15, 0.2) is 4.34 Å². The van der Waals surface area contributed by atoms with Crippen molar-refractivity contribution in [2.24, 2.45) is 11.8 Å². The second kappa shape index (κ2) is 10.6. The lowest BCUT2D eigenvalue weighted by Crippen LogP contribution is -2.36. The molecule has 0 saturated heterocycles. The van der Waals surface area contributed by atoms with E-state index in [1.54, 1.807) is 6.07 Å². The second-order valence-electron chi connectivity index (χ2n) is 8.59. The number of fused-ring (bicyclic) bond motifs is 1. The van der Waals surface area contributed by atoms with Crippen molar-refractivity contribution in [3.8, 4) is 0 Å². The normalized spacial score (nSPS) is 17.9. The molecule has 4 rings (SSSR count). The van der Waals surface area contributed by atoms with E-state index in [4.69, 9.17) is 0 Å². The SMILES string of the molecule is Cc1cccc(C)c1NC(=O)CSc1nc2ccc(NC(=O)[C@H]3CCCC[C@H]3C(=O)O)cc2s1. The van der Waals surface area contributed by atoms with Gasteiger partial charge < -0.3 is 15.7 Å². The number of carboxylic acids is 1. The number of carbonyl (C=O) groups is 3. The summed E-state index contributed by atoms with van der Waals surface area (Å²) in [6, 6.07) is 11.4. The number of aliphatic carboxylic acids is 1. The minimum atomic E-state index is -0.902. The Morgan fingerprint density at radius 3 is 2.47 bits per heavy atom. The molecule has 34 heavy (non-hydrogen) atoms. The third-order valence-corrected chi connectivity index (χ3v) is 8.29. The summed E-state index contributed by atoms with van der Waals surface area (Å²) >= 11 is 2.83. The highest BCUT2D eigenvalue weighted by Crippen LogP contribution is 2.34. The molecule has 1 fully saturated rings. The Kier molecular flexibility index (Phi) is 7.53. The number of hydrogen-bond acceptors (Lipinski definition) is 6. The molecule has 1 aliphatic rings. The van der Waals surface area contributed by atoms with Gasteiger partial charge in [0, 0.05) is 11.4 Å². The Labute approximate surface area is 206 Å². The van der Waals surface area contributed by atoms with Gasteiger partial charge in [0.2, 0.25) is 11.8 Å². The zero-order valence-corrected chi connectivity index (χ0v) is 20.7.